The molecule has 0 atom stereocenters. The number of hydrogen-bond acceptors (Lipinski definition) is 4. The van der Waals surface area contributed by atoms with Crippen molar-refractivity contribution in [2.45, 2.75) is 6.92 Å². The average molecular weight is 188 g/mol. The normalized spacial score (nSPS) is 11.2. The molecule has 2 N–H and O–H groups in total. The summed E-state index contributed by atoms with van der Waals surface area (Å²) in [6, 6.07) is 3.10. The maximum absolute atomic E-state index is 10.4. The van der Waals surface area contributed by atoms with E-state index in [-0.39, 0.29) is 5.88 Å². The van der Waals surface area contributed by atoms with E-state index < -0.39 is 10.3 Å². The van der Waals surface area contributed by atoms with Crippen molar-refractivity contribution in [3.8, 4) is 5.88 Å². The predicted octanol–water partition coefficient (Wildman–Crippen LogP) is -0.0277. The quantitative estimate of drug-likeness (QED) is 0.706. The summed E-state index contributed by atoms with van der Waals surface area (Å²) in [6.07, 6.45) is 1.49. The average Bonchev–Trinajstić information content (AvgIpc) is 1.91. The SMILES string of the molecule is Cc1ccc(OS(N)(=O)=O)nc1. The van der Waals surface area contributed by atoms with Gasteiger partial charge in [-0.05, 0) is 12.5 Å². The van der Waals surface area contributed by atoms with Crippen LogP contribution in [0.1, 0.15) is 5.56 Å². The first kappa shape index (κ1) is 8.95. The summed E-state index contributed by atoms with van der Waals surface area (Å²) in [5, 5.41) is 4.62. The van der Waals surface area contributed by atoms with Crippen molar-refractivity contribution < 1.29 is 12.6 Å². The zero-order valence-electron chi connectivity index (χ0n) is 6.39. The molecule has 0 unspecified atom stereocenters. The van der Waals surface area contributed by atoms with E-state index in [0.29, 0.717) is 0 Å². The van der Waals surface area contributed by atoms with Crippen LogP contribution in [0.25, 0.3) is 0 Å². The highest BCUT2D eigenvalue weighted by atomic mass is 32.2. The second-order valence-corrected chi connectivity index (χ2v) is 3.40. The summed E-state index contributed by atoms with van der Waals surface area (Å²) >= 11 is 0. The second kappa shape index (κ2) is 3.08. The van der Waals surface area contributed by atoms with Crippen LogP contribution < -0.4 is 9.32 Å². The van der Waals surface area contributed by atoms with Gasteiger partial charge in [0, 0.05) is 12.3 Å². The Morgan fingerprint density at radius 2 is 2.17 bits per heavy atom. The van der Waals surface area contributed by atoms with Crippen LogP contribution in [0, 0.1) is 6.92 Å². The molecule has 0 saturated carbocycles. The van der Waals surface area contributed by atoms with Gasteiger partial charge in [-0.3, -0.25) is 0 Å². The molecular formula is C6H8N2O3S. The van der Waals surface area contributed by atoms with E-state index in [1.165, 1.54) is 12.3 Å². The monoisotopic (exact) mass is 188 g/mol. The van der Waals surface area contributed by atoms with Gasteiger partial charge in [0.1, 0.15) is 0 Å². The van der Waals surface area contributed by atoms with Gasteiger partial charge < -0.3 is 4.18 Å². The Balaban J connectivity index is 2.85. The molecule has 0 bridgehead atoms. The third-order valence-corrected chi connectivity index (χ3v) is 1.49. The molecule has 1 aromatic heterocycles. The maximum Gasteiger partial charge on any atom is 0.381 e. The lowest BCUT2D eigenvalue weighted by molar-refractivity contribution is 0.477. The molecule has 66 valence electrons. The van der Waals surface area contributed by atoms with Gasteiger partial charge in [0.15, 0.2) is 0 Å². The Morgan fingerprint density at radius 3 is 2.58 bits per heavy atom. The van der Waals surface area contributed by atoms with Gasteiger partial charge in [-0.25, -0.2) is 4.98 Å². The molecule has 0 saturated heterocycles. The lowest BCUT2D eigenvalue weighted by Crippen LogP contribution is -2.19. The predicted molar refractivity (Wildman–Crippen MR) is 42.7 cm³/mol. The second-order valence-electron chi connectivity index (χ2n) is 2.25. The third kappa shape index (κ3) is 2.85. The van der Waals surface area contributed by atoms with Crippen molar-refractivity contribution in [3.63, 3.8) is 0 Å². The van der Waals surface area contributed by atoms with Crippen LogP contribution in [-0.4, -0.2) is 13.4 Å². The Bertz CT molecular complexity index is 357. The van der Waals surface area contributed by atoms with Gasteiger partial charge >= 0.3 is 10.3 Å². The molecule has 0 aliphatic heterocycles. The van der Waals surface area contributed by atoms with Crippen LogP contribution in [-0.2, 0) is 10.3 Å². The van der Waals surface area contributed by atoms with E-state index in [0.717, 1.165) is 5.56 Å². The first-order valence-electron chi connectivity index (χ1n) is 3.12. The first-order valence-corrected chi connectivity index (χ1v) is 4.59. The number of nitrogens with two attached hydrogens (primary N) is 1. The van der Waals surface area contributed by atoms with Gasteiger partial charge in [0.05, 0.1) is 0 Å². The molecule has 1 heterocycles. The minimum Gasteiger partial charge on any atom is -0.350 e. The van der Waals surface area contributed by atoms with E-state index >= 15 is 0 Å². The summed E-state index contributed by atoms with van der Waals surface area (Å²) < 4.78 is 25.1. The number of hydrogen-bond donors (Lipinski definition) is 1. The van der Waals surface area contributed by atoms with Crippen LogP contribution in [0.2, 0.25) is 0 Å². The van der Waals surface area contributed by atoms with Crippen LogP contribution in [0.4, 0.5) is 0 Å². The maximum atomic E-state index is 10.4. The van der Waals surface area contributed by atoms with Crippen LogP contribution in [0.5, 0.6) is 5.88 Å². The zero-order valence-corrected chi connectivity index (χ0v) is 7.21. The number of rotatable bonds is 2. The Hall–Kier alpha value is -1.14. The lowest BCUT2D eigenvalue weighted by atomic mass is 10.3. The molecule has 1 rings (SSSR count). The van der Waals surface area contributed by atoms with Crippen molar-refractivity contribution in [2.24, 2.45) is 5.14 Å². The first-order chi connectivity index (χ1) is 5.47. The molecule has 0 spiro atoms. The molecule has 0 aliphatic rings. The van der Waals surface area contributed by atoms with Gasteiger partial charge in [-0.1, -0.05) is 6.07 Å². The van der Waals surface area contributed by atoms with E-state index in [4.69, 9.17) is 0 Å². The third-order valence-electron chi connectivity index (χ3n) is 1.09. The lowest BCUT2D eigenvalue weighted by Gasteiger charge is -1.99. The summed E-state index contributed by atoms with van der Waals surface area (Å²) in [5.74, 6) is -0.0249. The van der Waals surface area contributed by atoms with Crippen molar-refractivity contribution in [2.75, 3.05) is 0 Å². The largest absolute Gasteiger partial charge is 0.381 e. The van der Waals surface area contributed by atoms with Crippen LogP contribution in [0.15, 0.2) is 18.3 Å². The molecule has 0 aliphatic carbocycles. The van der Waals surface area contributed by atoms with E-state index in [1.54, 1.807) is 6.07 Å². The summed E-state index contributed by atoms with van der Waals surface area (Å²) in [6.45, 7) is 1.83. The summed E-state index contributed by atoms with van der Waals surface area (Å²) in [4.78, 5) is 3.68. The van der Waals surface area contributed by atoms with Gasteiger partial charge in [-0.2, -0.15) is 13.6 Å². The topological polar surface area (TPSA) is 82.3 Å². The zero-order chi connectivity index (χ0) is 9.19. The number of nitrogens with zero attached hydrogens (tertiary/aromatic N) is 1. The molecule has 1 aromatic rings. The van der Waals surface area contributed by atoms with Crippen molar-refractivity contribution in [3.05, 3.63) is 23.9 Å². The summed E-state index contributed by atoms with van der Waals surface area (Å²) in [7, 11) is -3.95. The molecule has 5 nitrogen and oxygen atoms in total. The summed E-state index contributed by atoms with van der Waals surface area (Å²) in [5.41, 5.74) is 0.914. The van der Waals surface area contributed by atoms with Gasteiger partial charge in [0.25, 0.3) is 0 Å². The van der Waals surface area contributed by atoms with Crippen LogP contribution in [0.3, 0.4) is 0 Å². The fourth-order valence-corrected chi connectivity index (χ4v) is 0.959. The minimum absolute atomic E-state index is 0.0249. The van der Waals surface area contributed by atoms with Crippen molar-refractivity contribution in [1.29, 1.82) is 0 Å². The van der Waals surface area contributed by atoms with Gasteiger partial charge in [0.2, 0.25) is 5.88 Å². The highest BCUT2D eigenvalue weighted by molar-refractivity contribution is 7.84. The minimum atomic E-state index is -3.95. The molecule has 12 heavy (non-hydrogen) atoms. The number of aromatic nitrogens is 1. The highest BCUT2D eigenvalue weighted by Gasteiger charge is 2.04. The smallest absolute Gasteiger partial charge is 0.350 e. The van der Waals surface area contributed by atoms with E-state index in [9.17, 15) is 8.42 Å². The highest BCUT2D eigenvalue weighted by Crippen LogP contribution is 2.07. The Morgan fingerprint density at radius 1 is 1.50 bits per heavy atom. The molecule has 0 amide bonds. The fourth-order valence-electron chi connectivity index (χ4n) is 0.623. The fraction of sp³-hybridized carbons (Fsp3) is 0.167. The van der Waals surface area contributed by atoms with E-state index in [1.807, 2.05) is 6.92 Å². The molecule has 6 heteroatoms. The van der Waals surface area contributed by atoms with Gasteiger partial charge in [-0.15, -0.1) is 0 Å². The Labute approximate surface area is 70.4 Å². The standard InChI is InChI=1S/C6H8N2O3S/c1-5-2-3-6(8-4-5)11-12(7,9)10/h2-4H,1H3,(H2,7,9,10). The number of pyridine rings is 1. The molecule has 0 fully saturated rings. The molecule has 0 radical (unpaired) electrons. The molecule has 0 aromatic carbocycles. The molecular weight excluding hydrogens is 180 g/mol. The van der Waals surface area contributed by atoms with Crippen LogP contribution >= 0.6 is 0 Å². The van der Waals surface area contributed by atoms with Crippen molar-refractivity contribution >= 4 is 10.3 Å². The number of aryl methyl sites for hydroxylation is 1. The Kier molecular flexibility index (Phi) is 2.30. The van der Waals surface area contributed by atoms with E-state index in [2.05, 4.69) is 14.3 Å². The van der Waals surface area contributed by atoms with Crippen molar-refractivity contribution in [1.82, 2.24) is 4.98 Å².